The highest BCUT2D eigenvalue weighted by Crippen LogP contribution is 2.26. The van der Waals surface area contributed by atoms with Gasteiger partial charge in [-0.3, -0.25) is 18.7 Å². The number of hydrogen-bond donors (Lipinski definition) is 1. The van der Waals surface area contributed by atoms with Crippen LogP contribution in [0.1, 0.15) is 22.5 Å². The summed E-state index contributed by atoms with van der Waals surface area (Å²) in [6.07, 6.45) is 1.32. The summed E-state index contributed by atoms with van der Waals surface area (Å²) < 4.78 is 35.2. The van der Waals surface area contributed by atoms with Gasteiger partial charge in [0.05, 0.1) is 29.7 Å². The van der Waals surface area contributed by atoms with E-state index in [0.717, 1.165) is 12.1 Å². The molecule has 2 aromatic carbocycles. The maximum atomic E-state index is 13.9. The number of carbonyl (C=O) groups is 1. The third-order valence-electron chi connectivity index (χ3n) is 5.08. The minimum atomic E-state index is -0.763. The van der Waals surface area contributed by atoms with E-state index in [9.17, 15) is 18.4 Å². The smallest absolute Gasteiger partial charge is 0.277 e. The van der Waals surface area contributed by atoms with Crippen molar-refractivity contribution in [1.82, 2.24) is 14.1 Å². The summed E-state index contributed by atoms with van der Waals surface area (Å²) in [7, 11) is 0. The fourth-order valence-corrected chi connectivity index (χ4v) is 3.65. The Bertz CT molecular complexity index is 1430. The van der Waals surface area contributed by atoms with Crippen molar-refractivity contribution in [2.45, 2.75) is 20.0 Å². The number of aromatic nitrogens is 3. The molecule has 0 atom stereocenters. The van der Waals surface area contributed by atoms with Gasteiger partial charge in [0.25, 0.3) is 5.56 Å². The molecule has 0 aliphatic carbocycles. The van der Waals surface area contributed by atoms with Gasteiger partial charge in [-0.2, -0.15) is 0 Å². The Morgan fingerprint density at radius 3 is 2.70 bits per heavy atom. The Balaban J connectivity index is 1.66. The average Bonchev–Trinajstić information content (AvgIpc) is 3.20. The van der Waals surface area contributed by atoms with E-state index in [1.54, 1.807) is 31.2 Å². The molecule has 0 aliphatic rings. The number of ether oxygens (including phenoxy) is 1. The van der Waals surface area contributed by atoms with Crippen LogP contribution in [0, 0.1) is 18.6 Å². The van der Waals surface area contributed by atoms with E-state index < -0.39 is 17.2 Å². The van der Waals surface area contributed by atoms with Gasteiger partial charge in [-0.15, -0.1) is 0 Å². The van der Waals surface area contributed by atoms with E-state index in [1.165, 1.54) is 21.5 Å². The highest BCUT2D eigenvalue weighted by atomic mass is 35.5. The monoisotopic (exact) mass is 473 g/mol. The number of aliphatic hydroxyl groups excluding tert-OH is 1. The summed E-state index contributed by atoms with van der Waals surface area (Å²) in [6.45, 7) is 1.17. The minimum absolute atomic E-state index is 0.0370. The fraction of sp³-hybridized carbons (Fsp3) is 0.174. The first kappa shape index (κ1) is 22.6. The Morgan fingerprint density at radius 2 is 1.97 bits per heavy atom. The molecule has 4 aromatic rings. The molecule has 0 saturated heterocycles. The van der Waals surface area contributed by atoms with Gasteiger partial charge in [0.15, 0.2) is 0 Å². The molecule has 7 nitrogen and oxygen atoms in total. The highest BCUT2D eigenvalue weighted by molar-refractivity contribution is 6.31. The second-order valence-electron chi connectivity index (χ2n) is 7.28. The molecule has 10 heteroatoms. The van der Waals surface area contributed by atoms with Crippen LogP contribution in [0.25, 0.3) is 16.7 Å². The van der Waals surface area contributed by atoms with Gasteiger partial charge >= 0.3 is 0 Å². The van der Waals surface area contributed by atoms with Crippen molar-refractivity contribution in [3.05, 3.63) is 87.1 Å². The van der Waals surface area contributed by atoms with Crippen LogP contribution in [0.15, 0.2) is 53.6 Å². The lowest BCUT2D eigenvalue weighted by Gasteiger charge is -2.15. The number of hydrogen-bond acceptors (Lipinski definition) is 5. The molecule has 1 N–H and O–H groups in total. The maximum absolute atomic E-state index is 13.9. The van der Waals surface area contributed by atoms with Crippen LogP contribution < -0.4 is 10.3 Å². The zero-order valence-electron chi connectivity index (χ0n) is 17.4. The summed E-state index contributed by atoms with van der Waals surface area (Å²) in [5.41, 5.74) is 1.55. The van der Waals surface area contributed by atoms with Crippen LogP contribution >= 0.6 is 11.6 Å². The molecule has 0 unspecified atom stereocenters. The Morgan fingerprint density at radius 1 is 1.18 bits per heavy atom. The van der Waals surface area contributed by atoms with Gasteiger partial charge in [-0.05, 0) is 37.3 Å². The maximum Gasteiger partial charge on any atom is 0.277 e. The topological polar surface area (TPSA) is 86.4 Å². The number of rotatable bonds is 6. The predicted molar refractivity (Wildman–Crippen MR) is 118 cm³/mol. The van der Waals surface area contributed by atoms with Gasteiger partial charge in [-0.1, -0.05) is 11.6 Å². The molecular formula is C23H18ClF2N3O4. The lowest BCUT2D eigenvalue weighted by Crippen LogP contribution is -2.22. The number of aliphatic hydroxyl groups is 1. The zero-order valence-corrected chi connectivity index (χ0v) is 18.1. The van der Waals surface area contributed by atoms with E-state index in [2.05, 4.69) is 4.98 Å². The van der Waals surface area contributed by atoms with Crippen LogP contribution in [-0.4, -0.2) is 31.7 Å². The molecule has 0 aliphatic heterocycles. The molecule has 0 spiro atoms. The summed E-state index contributed by atoms with van der Waals surface area (Å²) in [6, 6.07) is 9.59. The van der Waals surface area contributed by atoms with Crippen molar-refractivity contribution in [2.24, 2.45) is 0 Å². The molecule has 0 radical (unpaired) electrons. The SMILES string of the molecule is Cc1cc(OCc2ccc(F)cc2F)c(Cl)c(=O)n1-c1ccc2c(c1)ncn2C(=O)CCO. The minimum Gasteiger partial charge on any atom is -0.487 e. The summed E-state index contributed by atoms with van der Waals surface area (Å²) in [5, 5.41) is 8.79. The van der Waals surface area contributed by atoms with Gasteiger partial charge in [0, 0.05) is 23.4 Å². The van der Waals surface area contributed by atoms with Gasteiger partial charge < -0.3 is 9.84 Å². The standard InChI is InChI=1S/C23H18ClF2N3O4/c1-13-8-20(33-11-14-2-3-15(25)9-17(14)26)22(24)23(32)29(13)16-4-5-19-18(10-16)27-12-28(19)21(31)6-7-30/h2-5,8-10,12,30H,6-7,11H2,1H3. The highest BCUT2D eigenvalue weighted by Gasteiger charge is 2.16. The number of carbonyl (C=O) groups excluding carboxylic acids is 1. The number of pyridine rings is 1. The largest absolute Gasteiger partial charge is 0.487 e. The van der Waals surface area contributed by atoms with E-state index >= 15 is 0 Å². The Kier molecular flexibility index (Phi) is 6.26. The van der Waals surface area contributed by atoms with E-state index in [-0.39, 0.29) is 41.9 Å². The van der Waals surface area contributed by atoms with Gasteiger partial charge in [0.2, 0.25) is 5.91 Å². The van der Waals surface area contributed by atoms with Crippen molar-refractivity contribution in [2.75, 3.05) is 6.61 Å². The Hall–Kier alpha value is -3.56. The van der Waals surface area contributed by atoms with Crippen molar-refractivity contribution < 1.29 is 23.4 Å². The molecule has 170 valence electrons. The summed E-state index contributed by atoms with van der Waals surface area (Å²) in [5.74, 6) is -1.70. The number of fused-ring (bicyclic) bond motifs is 1. The van der Waals surface area contributed by atoms with E-state index in [1.807, 2.05) is 0 Å². The predicted octanol–water partition coefficient (Wildman–Crippen LogP) is 4.03. The quantitative estimate of drug-likeness (QED) is 0.457. The number of halogens is 3. The fourth-order valence-electron chi connectivity index (χ4n) is 3.46. The number of aryl methyl sites for hydroxylation is 1. The molecule has 0 saturated carbocycles. The summed E-state index contributed by atoms with van der Waals surface area (Å²) in [4.78, 5) is 29.3. The van der Waals surface area contributed by atoms with Crippen molar-refractivity contribution >= 4 is 28.5 Å². The second-order valence-corrected chi connectivity index (χ2v) is 7.66. The van der Waals surface area contributed by atoms with Crippen molar-refractivity contribution in [1.29, 1.82) is 0 Å². The molecule has 0 bridgehead atoms. The lowest BCUT2D eigenvalue weighted by atomic mass is 10.2. The van der Waals surface area contributed by atoms with Crippen molar-refractivity contribution in [3.8, 4) is 11.4 Å². The first-order chi connectivity index (χ1) is 15.8. The van der Waals surface area contributed by atoms with E-state index in [4.69, 9.17) is 21.4 Å². The molecular weight excluding hydrogens is 456 g/mol. The van der Waals surface area contributed by atoms with E-state index in [0.29, 0.717) is 22.4 Å². The average molecular weight is 474 g/mol. The first-order valence-electron chi connectivity index (χ1n) is 9.90. The number of imidazole rings is 1. The molecule has 4 rings (SSSR count). The van der Waals surface area contributed by atoms with Crippen LogP contribution in [0.5, 0.6) is 5.75 Å². The zero-order chi connectivity index (χ0) is 23.7. The third kappa shape index (κ3) is 4.37. The third-order valence-corrected chi connectivity index (χ3v) is 5.43. The molecule has 0 fully saturated rings. The molecule has 2 heterocycles. The molecule has 33 heavy (non-hydrogen) atoms. The Labute approximate surface area is 191 Å². The number of benzene rings is 2. The lowest BCUT2D eigenvalue weighted by molar-refractivity contribution is 0.0880. The molecule has 0 amide bonds. The normalized spacial score (nSPS) is 11.2. The van der Waals surface area contributed by atoms with Gasteiger partial charge in [-0.25, -0.2) is 13.8 Å². The van der Waals surface area contributed by atoms with Crippen LogP contribution in [0.3, 0.4) is 0 Å². The van der Waals surface area contributed by atoms with Crippen LogP contribution in [0.2, 0.25) is 5.02 Å². The van der Waals surface area contributed by atoms with Gasteiger partial charge in [0.1, 0.15) is 35.3 Å². The second kappa shape index (κ2) is 9.13. The van der Waals surface area contributed by atoms with Crippen LogP contribution in [0.4, 0.5) is 8.78 Å². The number of nitrogens with zero attached hydrogens (tertiary/aromatic N) is 3. The van der Waals surface area contributed by atoms with Crippen LogP contribution in [-0.2, 0) is 6.61 Å². The molecule has 2 aromatic heterocycles. The summed E-state index contributed by atoms with van der Waals surface area (Å²) >= 11 is 6.25. The van der Waals surface area contributed by atoms with Crippen molar-refractivity contribution in [3.63, 3.8) is 0 Å². The first-order valence-corrected chi connectivity index (χ1v) is 10.3.